The molecule has 0 spiro atoms. The van der Waals surface area contributed by atoms with Gasteiger partial charge in [-0.05, 0) is 50.9 Å². The summed E-state index contributed by atoms with van der Waals surface area (Å²) in [7, 11) is -4.67. The Hall–Kier alpha value is -2.63. The van der Waals surface area contributed by atoms with Crippen LogP contribution < -0.4 is 0 Å². The Morgan fingerprint density at radius 1 is 0.673 bits per heavy atom. The zero-order chi connectivity index (χ0) is 40.8. The van der Waals surface area contributed by atoms with Crippen molar-refractivity contribution in [2.24, 2.45) is 5.92 Å². The van der Waals surface area contributed by atoms with Crippen LogP contribution in [0.1, 0.15) is 136 Å². The van der Waals surface area contributed by atoms with Gasteiger partial charge < -0.3 is 29.7 Å². The van der Waals surface area contributed by atoms with E-state index in [1.807, 2.05) is 12.2 Å². The third kappa shape index (κ3) is 38.0. The van der Waals surface area contributed by atoms with Gasteiger partial charge in [0.15, 0.2) is 6.10 Å². The molecule has 0 aliphatic rings. The average molecular weight is 797 g/mol. The SMILES string of the molecule is CC/C=C\C/C=C\C/C=C\C/C=C\C=C/C(O)C/C=C\CCC(=O)O[C@H](COC(=O)CCCCCCCCCCCC(C)C)COP(=O)(O)OC[C@@H](O)CO. The van der Waals surface area contributed by atoms with E-state index in [-0.39, 0.29) is 19.4 Å². The number of esters is 2. The van der Waals surface area contributed by atoms with Gasteiger partial charge in [0.1, 0.15) is 12.7 Å². The van der Waals surface area contributed by atoms with Gasteiger partial charge in [0.05, 0.1) is 25.9 Å². The number of phosphoric acid groups is 1. The zero-order valence-corrected chi connectivity index (χ0v) is 34.8. The number of hydrogen-bond acceptors (Lipinski definition) is 10. The van der Waals surface area contributed by atoms with Crippen molar-refractivity contribution in [2.45, 2.75) is 155 Å². The predicted octanol–water partition coefficient (Wildman–Crippen LogP) is 9.32. The number of rotatable bonds is 36. The number of aliphatic hydroxyl groups excluding tert-OH is 3. The van der Waals surface area contributed by atoms with Crippen molar-refractivity contribution in [3.8, 4) is 0 Å². The number of unbranched alkanes of at least 4 members (excludes halogenated alkanes) is 8. The molecule has 0 saturated heterocycles. The van der Waals surface area contributed by atoms with Crippen LogP contribution in [0.4, 0.5) is 0 Å². The summed E-state index contributed by atoms with van der Waals surface area (Å²) in [4.78, 5) is 34.9. The second-order valence-electron chi connectivity index (χ2n) is 14.0. The normalized spacial score (nSPS) is 15.3. The number of ether oxygens (including phenoxy) is 2. The van der Waals surface area contributed by atoms with E-state index < -0.39 is 57.9 Å². The first-order chi connectivity index (χ1) is 26.5. The van der Waals surface area contributed by atoms with Gasteiger partial charge in [-0.1, -0.05) is 151 Å². The molecule has 11 nitrogen and oxygen atoms in total. The predicted molar refractivity (Wildman–Crippen MR) is 220 cm³/mol. The monoisotopic (exact) mass is 796 g/mol. The molecule has 0 bridgehead atoms. The average Bonchev–Trinajstić information content (AvgIpc) is 3.15. The maximum atomic E-state index is 12.6. The molecule has 4 atom stereocenters. The number of hydrogen-bond donors (Lipinski definition) is 4. The van der Waals surface area contributed by atoms with Gasteiger partial charge in [-0.2, -0.15) is 0 Å². The highest BCUT2D eigenvalue weighted by Gasteiger charge is 2.27. The second kappa shape index (κ2) is 37.0. The van der Waals surface area contributed by atoms with Crippen molar-refractivity contribution in [2.75, 3.05) is 26.4 Å². The van der Waals surface area contributed by atoms with Crippen LogP contribution in [0.2, 0.25) is 0 Å². The second-order valence-corrected chi connectivity index (χ2v) is 15.4. The first-order valence-electron chi connectivity index (χ1n) is 20.4. The third-order valence-electron chi connectivity index (χ3n) is 8.15. The van der Waals surface area contributed by atoms with Crippen LogP contribution in [0.3, 0.4) is 0 Å². The molecule has 0 fully saturated rings. The Labute approximate surface area is 331 Å². The molecule has 0 aromatic heterocycles. The van der Waals surface area contributed by atoms with E-state index in [2.05, 4.69) is 61.8 Å². The van der Waals surface area contributed by atoms with E-state index in [1.165, 1.54) is 38.5 Å². The quantitative estimate of drug-likeness (QED) is 0.0157. The van der Waals surface area contributed by atoms with E-state index in [0.717, 1.165) is 50.9 Å². The summed E-state index contributed by atoms with van der Waals surface area (Å²) < 4.78 is 32.5. The van der Waals surface area contributed by atoms with E-state index in [9.17, 15) is 29.3 Å². The molecule has 55 heavy (non-hydrogen) atoms. The van der Waals surface area contributed by atoms with Crippen LogP contribution in [0, 0.1) is 5.92 Å². The highest BCUT2D eigenvalue weighted by Crippen LogP contribution is 2.43. The fraction of sp³-hybridized carbons (Fsp3) is 0.674. The number of carbonyl (C=O) groups is 2. The topological polar surface area (TPSA) is 169 Å². The van der Waals surface area contributed by atoms with Gasteiger partial charge in [0, 0.05) is 12.8 Å². The molecular weight excluding hydrogens is 723 g/mol. The lowest BCUT2D eigenvalue weighted by Crippen LogP contribution is -2.29. The lowest BCUT2D eigenvalue weighted by molar-refractivity contribution is -0.161. The molecule has 0 amide bonds. The van der Waals surface area contributed by atoms with E-state index in [0.29, 0.717) is 19.3 Å². The first kappa shape index (κ1) is 52.4. The minimum Gasteiger partial charge on any atom is -0.462 e. The summed E-state index contributed by atoms with van der Waals surface area (Å²) in [5.74, 6) is -0.350. The summed E-state index contributed by atoms with van der Waals surface area (Å²) in [5, 5.41) is 28.5. The first-order valence-corrected chi connectivity index (χ1v) is 21.9. The molecule has 0 aromatic rings. The van der Waals surface area contributed by atoms with Crippen LogP contribution in [-0.4, -0.2) is 76.9 Å². The molecule has 0 aliphatic heterocycles. The minimum absolute atomic E-state index is 0.0250. The number of phosphoric ester groups is 1. The largest absolute Gasteiger partial charge is 0.472 e. The summed E-state index contributed by atoms with van der Waals surface area (Å²) in [6.45, 7) is 4.32. The molecular formula is C43H73O11P. The lowest BCUT2D eigenvalue weighted by atomic mass is 10.0. The molecule has 0 rings (SSSR count). The standard InChI is InChI=1S/C43H73O11P/c1-4-5-6-7-8-9-10-11-12-15-18-21-25-30-39(45)31-26-23-28-33-43(48)54-41(37-53-55(49,50)52-35-40(46)34-44)36-51-42(47)32-27-22-19-16-13-14-17-20-24-29-38(2)3/h5-6,8-9,11-12,18,21,23,25-26,30,38-41,44-46H,4,7,10,13-17,19-20,22,24,27-29,31-37H2,1-3H3,(H,49,50)/b6-5-,9-8-,12-11-,21-18-,26-23-,30-25-/t39?,40-,41+/m0/s1. The molecule has 316 valence electrons. The van der Waals surface area contributed by atoms with Crippen molar-refractivity contribution in [1.82, 2.24) is 0 Å². The number of allylic oxidation sites excluding steroid dienone is 10. The minimum atomic E-state index is -4.67. The molecule has 0 aromatic carbocycles. The molecule has 2 unspecified atom stereocenters. The Balaban J connectivity index is 4.59. The van der Waals surface area contributed by atoms with Crippen LogP contribution >= 0.6 is 7.82 Å². The van der Waals surface area contributed by atoms with Crippen LogP contribution in [0.25, 0.3) is 0 Å². The maximum absolute atomic E-state index is 12.6. The fourth-order valence-electron chi connectivity index (χ4n) is 4.99. The number of aliphatic hydroxyl groups is 3. The van der Waals surface area contributed by atoms with Gasteiger partial charge in [-0.25, -0.2) is 4.57 Å². The van der Waals surface area contributed by atoms with E-state index in [4.69, 9.17) is 19.1 Å². The summed E-state index contributed by atoms with van der Waals surface area (Å²) >= 11 is 0. The van der Waals surface area contributed by atoms with Crippen LogP contribution in [0.5, 0.6) is 0 Å². The van der Waals surface area contributed by atoms with Crippen molar-refractivity contribution in [3.05, 3.63) is 72.9 Å². The van der Waals surface area contributed by atoms with E-state index >= 15 is 0 Å². The van der Waals surface area contributed by atoms with Gasteiger partial charge in [0.2, 0.25) is 0 Å². The highest BCUT2D eigenvalue weighted by atomic mass is 31.2. The highest BCUT2D eigenvalue weighted by molar-refractivity contribution is 7.47. The van der Waals surface area contributed by atoms with E-state index in [1.54, 1.807) is 24.3 Å². The summed E-state index contributed by atoms with van der Waals surface area (Å²) in [6.07, 6.45) is 36.3. The summed E-state index contributed by atoms with van der Waals surface area (Å²) in [5.41, 5.74) is 0. The van der Waals surface area contributed by atoms with Crippen molar-refractivity contribution in [1.29, 1.82) is 0 Å². The van der Waals surface area contributed by atoms with Gasteiger partial charge in [0.25, 0.3) is 0 Å². The van der Waals surface area contributed by atoms with Crippen molar-refractivity contribution < 1.29 is 52.9 Å². The smallest absolute Gasteiger partial charge is 0.462 e. The lowest BCUT2D eigenvalue weighted by Gasteiger charge is -2.20. The van der Waals surface area contributed by atoms with Crippen molar-refractivity contribution in [3.63, 3.8) is 0 Å². The molecule has 0 saturated carbocycles. The molecule has 4 N–H and O–H groups in total. The maximum Gasteiger partial charge on any atom is 0.472 e. The zero-order valence-electron chi connectivity index (χ0n) is 33.9. The Morgan fingerprint density at radius 2 is 1.25 bits per heavy atom. The molecule has 0 radical (unpaired) electrons. The molecule has 0 aliphatic carbocycles. The van der Waals surface area contributed by atoms with Crippen LogP contribution in [-0.2, 0) is 32.7 Å². The fourth-order valence-corrected chi connectivity index (χ4v) is 5.78. The Morgan fingerprint density at radius 3 is 1.87 bits per heavy atom. The molecule has 12 heteroatoms. The Kier molecular flexibility index (Phi) is 35.2. The Bertz CT molecular complexity index is 1180. The van der Waals surface area contributed by atoms with Gasteiger partial charge >= 0.3 is 19.8 Å². The van der Waals surface area contributed by atoms with Crippen LogP contribution in [0.15, 0.2) is 72.9 Å². The van der Waals surface area contributed by atoms with Crippen molar-refractivity contribution >= 4 is 19.8 Å². The van der Waals surface area contributed by atoms with Gasteiger partial charge in [-0.3, -0.25) is 18.6 Å². The number of carbonyl (C=O) groups excluding carboxylic acids is 2. The third-order valence-corrected chi connectivity index (χ3v) is 9.10. The molecule has 0 heterocycles. The van der Waals surface area contributed by atoms with Gasteiger partial charge in [-0.15, -0.1) is 0 Å². The summed E-state index contributed by atoms with van der Waals surface area (Å²) in [6, 6.07) is 0.